The minimum absolute atomic E-state index is 0.00423. The van der Waals surface area contributed by atoms with E-state index in [0.29, 0.717) is 12.1 Å². The van der Waals surface area contributed by atoms with Crippen LogP contribution >= 0.6 is 0 Å². The average molecular weight is 411 g/mol. The number of carbonyl (C=O) groups is 1. The van der Waals surface area contributed by atoms with Crippen molar-refractivity contribution in [1.82, 2.24) is 4.90 Å². The Hall–Kier alpha value is -2.93. The maximum atomic E-state index is 12.8. The van der Waals surface area contributed by atoms with Crippen molar-refractivity contribution in [2.75, 3.05) is 6.54 Å². The van der Waals surface area contributed by atoms with E-state index in [-0.39, 0.29) is 5.69 Å². The van der Waals surface area contributed by atoms with Crippen LogP contribution in [0, 0.1) is 10.1 Å². The monoisotopic (exact) mass is 410 g/mol. The zero-order chi connectivity index (χ0) is 21.4. The highest BCUT2D eigenvalue weighted by Crippen LogP contribution is 2.39. The summed E-state index contributed by atoms with van der Waals surface area (Å²) in [4.78, 5) is 25.3. The molecular weight excluding hydrogens is 384 g/mol. The molecule has 0 N–H and O–H groups in total. The summed E-state index contributed by atoms with van der Waals surface area (Å²) in [5.74, 6) is 0. The second-order valence-corrected chi connectivity index (χ2v) is 13.1. The molecule has 6 nitrogen and oxygen atoms in total. The molecule has 2 aromatic rings. The topological polar surface area (TPSA) is 72.7 Å². The summed E-state index contributed by atoms with van der Waals surface area (Å²) in [5.41, 5.74) is 0.795. The Bertz CT molecular complexity index is 978. The normalized spacial score (nSPS) is 14.4. The van der Waals surface area contributed by atoms with E-state index in [1.165, 1.54) is 22.5 Å². The summed E-state index contributed by atoms with van der Waals surface area (Å²) in [7, 11) is -2.07. The SMILES string of the molecule is CC(C)(C)OC(=O)N1CC([Si](C)(C)c2ccccc2)=C1c1cccc([N+](=O)[O-])c1. The molecule has 0 aromatic heterocycles. The van der Waals surface area contributed by atoms with Crippen LogP contribution < -0.4 is 5.19 Å². The van der Waals surface area contributed by atoms with Crippen molar-refractivity contribution in [3.05, 3.63) is 75.5 Å². The Morgan fingerprint density at radius 1 is 1.10 bits per heavy atom. The Kier molecular flexibility index (Phi) is 5.36. The molecule has 7 heteroatoms. The first-order valence-electron chi connectivity index (χ1n) is 9.55. The molecule has 0 aliphatic carbocycles. The Labute approximate surface area is 172 Å². The molecule has 0 bridgehead atoms. The highest BCUT2D eigenvalue weighted by atomic mass is 28.3. The van der Waals surface area contributed by atoms with Crippen LogP contribution in [-0.4, -0.2) is 36.1 Å². The third-order valence-electron chi connectivity index (χ3n) is 5.07. The van der Waals surface area contributed by atoms with Gasteiger partial charge in [-0.15, -0.1) is 0 Å². The van der Waals surface area contributed by atoms with Gasteiger partial charge in [0.15, 0.2) is 0 Å². The number of carbonyl (C=O) groups excluding carboxylic acids is 1. The molecule has 0 saturated carbocycles. The average Bonchev–Trinajstić information content (AvgIpc) is 2.60. The van der Waals surface area contributed by atoms with Crippen molar-refractivity contribution in [2.24, 2.45) is 0 Å². The fourth-order valence-electron chi connectivity index (χ4n) is 3.48. The Balaban J connectivity index is 2.10. The highest BCUT2D eigenvalue weighted by molar-refractivity contribution is 6.96. The van der Waals surface area contributed by atoms with Crippen LogP contribution in [0.5, 0.6) is 0 Å². The molecule has 2 aromatic carbocycles. The minimum atomic E-state index is -2.07. The van der Waals surface area contributed by atoms with Crippen molar-refractivity contribution < 1.29 is 14.5 Å². The van der Waals surface area contributed by atoms with Gasteiger partial charge in [0.05, 0.1) is 10.6 Å². The van der Waals surface area contributed by atoms with Crippen molar-refractivity contribution >= 4 is 30.7 Å². The molecule has 0 saturated heterocycles. The van der Waals surface area contributed by atoms with Crippen LogP contribution in [0.2, 0.25) is 13.1 Å². The minimum Gasteiger partial charge on any atom is -0.443 e. The zero-order valence-corrected chi connectivity index (χ0v) is 18.4. The van der Waals surface area contributed by atoms with E-state index >= 15 is 0 Å². The van der Waals surface area contributed by atoms with Gasteiger partial charge in [-0.2, -0.15) is 0 Å². The van der Waals surface area contributed by atoms with Gasteiger partial charge in [0.1, 0.15) is 13.7 Å². The maximum Gasteiger partial charge on any atom is 0.415 e. The summed E-state index contributed by atoms with van der Waals surface area (Å²) in [5, 5.41) is 13.7. The number of nitro groups is 1. The number of non-ortho nitro benzene ring substituents is 1. The lowest BCUT2D eigenvalue weighted by Crippen LogP contribution is -2.55. The molecule has 0 spiro atoms. The summed E-state index contributed by atoms with van der Waals surface area (Å²) in [6, 6.07) is 16.7. The van der Waals surface area contributed by atoms with E-state index in [1.54, 1.807) is 11.0 Å². The first-order chi connectivity index (χ1) is 13.5. The molecule has 0 atom stereocenters. The third-order valence-corrected chi connectivity index (χ3v) is 8.75. The predicted octanol–water partition coefficient (Wildman–Crippen LogP) is 4.71. The second-order valence-electron chi connectivity index (χ2n) is 8.69. The van der Waals surface area contributed by atoms with Crippen LogP contribution in [0.25, 0.3) is 5.70 Å². The maximum absolute atomic E-state index is 12.8. The molecule has 0 radical (unpaired) electrons. The van der Waals surface area contributed by atoms with Gasteiger partial charge >= 0.3 is 6.09 Å². The zero-order valence-electron chi connectivity index (χ0n) is 17.4. The molecular formula is C22H26N2O4Si. The second kappa shape index (κ2) is 7.48. The summed E-state index contributed by atoms with van der Waals surface area (Å²) >= 11 is 0. The number of nitro benzene ring substituents is 1. The number of benzene rings is 2. The lowest BCUT2D eigenvalue weighted by atomic mass is 10.0. The van der Waals surface area contributed by atoms with Gasteiger partial charge in [-0.05, 0) is 26.0 Å². The Morgan fingerprint density at radius 2 is 1.76 bits per heavy atom. The molecule has 152 valence electrons. The molecule has 1 aliphatic rings. The summed E-state index contributed by atoms with van der Waals surface area (Å²) in [6.07, 6.45) is -0.430. The van der Waals surface area contributed by atoms with Gasteiger partial charge in [0.2, 0.25) is 0 Å². The van der Waals surface area contributed by atoms with Gasteiger partial charge in [-0.3, -0.25) is 15.0 Å². The predicted molar refractivity (Wildman–Crippen MR) is 117 cm³/mol. The molecule has 0 fully saturated rings. The van der Waals surface area contributed by atoms with E-state index in [0.717, 1.165) is 5.70 Å². The van der Waals surface area contributed by atoms with Gasteiger partial charge < -0.3 is 4.74 Å². The van der Waals surface area contributed by atoms with Gasteiger partial charge in [-0.1, -0.05) is 60.7 Å². The Morgan fingerprint density at radius 3 is 2.34 bits per heavy atom. The number of hydrogen-bond acceptors (Lipinski definition) is 4. The van der Waals surface area contributed by atoms with Crippen LogP contribution in [0.1, 0.15) is 26.3 Å². The van der Waals surface area contributed by atoms with E-state index in [9.17, 15) is 14.9 Å². The smallest absolute Gasteiger partial charge is 0.415 e. The standard InChI is InChI=1S/C22H26N2O4Si/c1-22(2,3)28-21(25)23-15-19(29(4,5)18-12-7-6-8-13-18)20(23)16-10-9-11-17(14-16)24(26)27/h6-14H,15H2,1-5H3. The number of nitrogens with zero attached hydrogens (tertiary/aromatic N) is 2. The van der Waals surface area contributed by atoms with E-state index in [2.05, 4.69) is 25.2 Å². The third kappa shape index (κ3) is 4.24. The van der Waals surface area contributed by atoms with E-state index in [1.807, 2.05) is 45.0 Å². The summed E-state index contributed by atoms with van der Waals surface area (Å²) < 4.78 is 5.57. The number of hydrogen-bond donors (Lipinski definition) is 0. The molecule has 0 unspecified atom stereocenters. The van der Waals surface area contributed by atoms with E-state index in [4.69, 9.17) is 4.74 Å². The number of rotatable bonds is 4. The molecule has 1 aliphatic heterocycles. The first-order valence-corrected chi connectivity index (χ1v) is 12.6. The fraction of sp³-hybridized carbons (Fsp3) is 0.318. The molecule has 1 heterocycles. The largest absolute Gasteiger partial charge is 0.443 e. The molecule has 3 rings (SSSR count). The number of ether oxygens (including phenoxy) is 1. The highest BCUT2D eigenvalue weighted by Gasteiger charge is 2.43. The van der Waals surface area contributed by atoms with E-state index < -0.39 is 24.7 Å². The van der Waals surface area contributed by atoms with Gasteiger partial charge in [-0.25, -0.2) is 4.79 Å². The van der Waals surface area contributed by atoms with Gasteiger partial charge in [0, 0.05) is 24.2 Å². The lowest BCUT2D eigenvalue weighted by molar-refractivity contribution is -0.384. The van der Waals surface area contributed by atoms with Crippen LogP contribution in [0.15, 0.2) is 59.8 Å². The quantitative estimate of drug-likeness (QED) is 0.416. The van der Waals surface area contributed by atoms with Crippen LogP contribution in [0.4, 0.5) is 10.5 Å². The van der Waals surface area contributed by atoms with Crippen molar-refractivity contribution in [1.29, 1.82) is 0 Å². The molecule has 29 heavy (non-hydrogen) atoms. The van der Waals surface area contributed by atoms with Crippen molar-refractivity contribution in [2.45, 2.75) is 39.5 Å². The van der Waals surface area contributed by atoms with Crippen molar-refractivity contribution in [3.8, 4) is 0 Å². The molecule has 1 amide bonds. The first kappa shape index (κ1) is 20.8. The fourth-order valence-corrected chi connectivity index (χ4v) is 6.28. The lowest BCUT2D eigenvalue weighted by Gasteiger charge is -2.44. The van der Waals surface area contributed by atoms with Crippen molar-refractivity contribution in [3.63, 3.8) is 0 Å². The number of amides is 1. The van der Waals surface area contributed by atoms with Crippen LogP contribution in [-0.2, 0) is 4.74 Å². The van der Waals surface area contributed by atoms with Gasteiger partial charge in [0.25, 0.3) is 5.69 Å². The van der Waals surface area contributed by atoms with Crippen LogP contribution in [0.3, 0.4) is 0 Å². The summed E-state index contributed by atoms with van der Waals surface area (Å²) in [6.45, 7) is 10.4.